The maximum atomic E-state index is 13.8. The molecule has 0 spiro atoms. The quantitative estimate of drug-likeness (QED) is 0.436. The lowest BCUT2D eigenvalue weighted by molar-refractivity contribution is -0.113. The van der Waals surface area contributed by atoms with Crippen LogP contribution in [0.1, 0.15) is 29.7 Å². The first kappa shape index (κ1) is 20.8. The van der Waals surface area contributed by atoms with Crippen molar-refractivity contribution in [2.45, 2.75) is 26.8 Å². The van der Waals surface area contributed by atoms with Crippen molar-refractivity contribution in [3.63, 3.8) is 0 Å². The molecule has 0 unspecified atom stereocenters. The van der Waals surface area contributed by atoms with Gasteiger partial charge in [-0.05, 0) is 50.6 Å². The van der Waals surface area contributed by atoms with Gasteiger partial charge in [0.1, 0.15) is 5.75 Å². The van der Waals surface area contributed by atoms with Crippen LogP contribution >= 0.6 is 0 Å². The van der Waals surface area contributed by atoms with E-state index in [1.54, 1.807) is 7.11 Å². The Kier molecular flexibility index (Phi) is 5.13. The zero-order valence-electron chi connectivity index (χ0n) is 19.1. The lowest BCUT2D eigenvalue weighted by Gasteiger charge is -2.31. The van der Waals surface area contributed by atoms with Crippen LogP contribution in [0.25, 0.3) is 11.0 Å². The Morgan fingerprint density at radius 1 is 1.03 bits per heavy atom. The molecule has 0 aliphatic carbocycles. The van der Waals surface area contributed by atoms with Gasteiger partial charge in [-0.1, -0.05) is 48.0 Å². The molecule has 2 N–H and O–H groups in total. The first-order valence-corrected chi connectivity index (χ1v) is 10.9. The number of benzene rings is 3. The van der Waals surface area contributed by atoms with Gasteiger partial charge in [-0.2, -0.15) is 0 Å². The van der Waals surface area contributed by atoms with E-state index >= 15 is 0 Å². The fraction of sp³-hybridized carbons (Fsp3) is 0.185. The number of aromatic nitrogens is 2. The molecule has 1 amide bonds. The van der Waals surface area contributed by atoms with Gasteiger partial charge in [0.25, 0.3) is 5.91 Å². The molecule has 6 heteroatoms. The van der Waals surface area contributed by atoms with Crippen LogP contribution in [0.15, 0.2) is 78.0 Å². The molecule has 3 aromatic carbocycles. The number of ether oxygens (including phenoxy) is 1. The Morgan fingerprint density at radius 3 is 2.58 bits per heavy atom. The van der Waals surface area contributed by atoms with Crippen LogP contribution in [0.5, 0.6) is 5.75 Å². The summed E-state index contributed by atoms with van der Waals surface area (Å²) in [6, 6.07) is 21.4. The summed E-state index contributed by atoms with van der Waals surface area (Å²) in [5.74, 6) is 1.26. The molecule has 0 radical (unpaired) electrons. The van der Waals surface area contributed by atoms with Gasteiger partial charge < -0.3 is 15.4 Å². The van der Waals surface area contributed by atoms with E-state index in [-0.39, 0.29) is 5.91 Å². The molecule has 1 aliphatic heterocycles. The van der Waals surface area contributed by atoms with Crippen molar-refractivity contribution in [2.24, 2.45) is 0 Å². The van der Waals surface area contributed by atoms with Crippen LogP contribution in [0.3, 0.4) is 0 Å². The first-order chi connectivity index (χ1) is 16.0. The molecule has 2 heterocycles. The SMILES string of the molecule is COc1ccccc1[C@@H]1C(C(=O)Nc2ccc(C)cc2C)=C(C)Nc2nc3ccccc3n21. The number of imidazole rings is 1. The number of anilines is 2. The standard InChI is InChI=1S/C27H26N4O2/c1-16-13-14-20(17(2)15-16)29-26(32)24-18(3)28-27-30-21-10-6-7-11-22(21)31(27)25(24)19-9-5-8-12-23(19)33-4/h5-15,25H,1-4H3,(H,28,30)(H,29,32)/t25-/m1/s1. The minimum absolute atomic E-state index is 0.161. The summed E-state index contributed by atoms with van der Waals surface area (Å²) in [4.78, 5) is 18.6. The third-order valence-electron chi connectivity index (χ3n) is 6.14. The number of nitrogens with one attached hydrogen (secondary N) is 2. The Bertz CT molecular complexity index is 1420. The van der Waals surface area contributed by atoms with Gasteiger partial charge in [-0.25, -0.2) is 4.98 Å². The smallest absolute Gasteiger partial charge is 0.255 e. The highest BCUT2D eigenvalue weighted by atomic mass is 16.5. The Balaban J connectivity index is 1.69. The predicted molar refractivity (Wildman–Crippen MR) is 132 cm³/mol. The third-order valence-corrected chi connectivity index (χ3v) is 6.14. The highest BCUT2D eigenvalue weighted by Gasteiger charge is 2.35. The number of aryl methyl sites for hydroxylation is 2. The summed E-state index contributed by atoms with van der Waals surface area (Å²) >= 11 is 0. The number of carbonyl (C=O) groups excluding carboxylic acids is 1. The average molecular weight is 439 g/mol. The molecule has 1 aliphatic rings. The van der Waals surface area contributed by atoms with Crippen LogP contribution in [0.2, 0.25) is 0 Å². The summed E-state index contributed by atoms with van der Waals surface area (Å²) in [5, 5.41) is 6.49. The van der Waals surface area contributed by atoms with E-state index < -0.39 is 6.04 Å². The molecule has 166 valence electrons. The van der Waals surface area contributed by atoms with Crippen molar-refractivity contribution in [3.05, 3.63) is 94.7 Å². The number of hydrogen-bond donors (Lipinski definition) is 2. The van der Waals surface area contributed by atoms with Crippen molar-refractivity contribution >= 4 is 28.6 Å². The molecule has 1 atom stereocenters. The summed E-state index contributed by atoms with van der Waals surface area (Å²) < 4.78 is 7.79. The van der Waals surface area contributed by atoms with E-state index in [2.05, 4.69) is 21.3 Å². The second kappa shape index (κ2) is 8.13. The molecule has 0 fully saturated rings. The lowest BCUT2D eigenvalue weighted by Crippen LogP contribution is -2.31. The maximum Gasteiger partial charge on any atom is 0.255 e. The van der Waals surface area contributed by atoms with Crippen LogP contribution in [0.4, 0.5) is 11.6 Å². The second-order valence-corrected chi connectivity index (χ2v) is 8.37. The number of fused-ring (bicyclic) bond motifs is 3. The minimum atomic E-state index is -0.407. The average Bonchev–Trinajstić information content (AvgIpc) is 3.17. The van der Waals surface area contributed by atoms with E-state index in [1.807, 2.05) is 81.4 Å². The van der Waals surface area contributed by atoms with Gasteiger partial charge in [0, 0.05) is 16.9 Å². The van der Waals surface area contributed by atoms with Gasteiger partial charge in [-0.15, -0.1) is 0 Å². The number of carbonyl (C=O) groups is 1. The topological polar surface area (TPSA) is 68.2 Å². The molecule has 1 aromatic heterocycles. The fourth-order valence-corrected chi connectivity index (χ4v) is 4.59. The van der Waals surface area contributed by atoms with Crippen molar-refractivity contribution in [1.82, 2.24) is 9.55 Å². The van der Waals surface area contributed by atoms with Gasteiger partial charge in [0.15, 0.2) is 0 Å². The zero-order chi connectivity index (χ0) is 23.1. The van der Waals surface area contributed by atoms with E-state index in [4.69, 9.17) is 9.72 Å². The predicted octanol–water partition coefficient (Wildman–Crippen LogP) is 5.59. The van der Waals surface area contributed by atoms with Crippen molar-refractivity contribution < 1.29 is 9.53 Å². The molecule has 6 nitrogen and oxygen atoms in total. The van der Waals surface area contributed by atoms with Crippen molar-refractivity contribution in [3.8, 4) is 5.75 Å². The summed E-state index contributed by atoms with van der Waals surface area (Å²) in [7, 11) is 1.65. The van der Waals surface area contributed by atoms with Gasteiger partial charge in [0.2, 0.25) is 5.95 Å². The molecule has 0 bridgehead atoms. The largest absolute Gasteiger partial charge is 0.496 e. The van der Waals surface area contributed by atoms with Gasteiger partial charge in [-0.3, -0.25) is 9.36 Å². The molecular formula is C27H26N4O2. The highest BCUT2D eigenvalue weighted by molar-refractivity contribution is 6.07. The second-order valence-electron chi connectivity index (χ2n) is 8.37. The number of hydrogen-bond acceptors (Lipinski definition) is 4. The molecule has 4 aromatic rings. The summed E-state index contributed by atoms with van der Waals surface area (Å²) in [6.07, 6.45) is 0. The van der Waals surface area contributed by atoms with Crippen molar-refractivity contribution in [2.75, 3.05) is 17.7 Å². The van der Waals surface area contributed by atoms with Crippen LogP contribution in [-0.2, 0) is 4.79 Å². The number of nitrogens with zero attached hydrogens (tertiary/aromatic N) is 2. The van der Waals surface area contributed by atoms with E-state index in [9.17, 15) is 4.79 Å². The Labute approximate surface area is 192 Å². The van der Waals surface area contributed by atoms with Crippen molar-refractivity contribution in [1.29, 1.82) is 0 Å². The number of allylic oxidation sites excluding steroid dienone is 1. The Hall–Kier alpha value is -4.06. The number of amides is 1. The highest BCUT2D eigenvalue weighted by Crippen LogP contribution is 2.42. The van der Waals surface area contributed by atoms with Gasteiger partial charge >= 0.3 is 0 Å². The van der Waals surface area contributed by atoms with Crippen LogP contribution in [0, 0.1) is 13.8 Å². The van der Waals surface area contributed by atoms with Crippen LogP contribution in [-0.4, -0.2) is 22.6 Å². The first-order valence-electron chi connectivity index (χ1n) is 10.9. The molecule has 5 rings (SSSR count). The molecular weight excluding hydrogens is 412 g/mol. The number of rotatable bonds is 4. The Morgan fingerprint density at radius 2 is 1.79 bits per heavy atom. The summed E-state index contributed by atoms with van der Waals surface area (Å²) in [6.45, 7) is 5.96. The third kappa shape index (κ3) is 3.53. The van der Waals surface area contributed by atoms with Gasteiger partial charge in [0.05, 0.1) is 29.8 Å². The number of methoxy groups -OCH3 is 1. The van der Waals surface area contributed by atoms with E-state index in [0.717, 1.165) is 44.9 Å². The fourth-order valence-electron chi connectivity index (χ4n) is 4.59. The normalized spacial score (nSPS) is 15.2. The zero-order valence-corrected chi connectivity index (χ0v) is 19.1. The van der Waals surface area contributed by atoms with E-state index in [1.165, 1.54) is 0 Å². The molecule has 33 heavy (non-hydrogen) atoms. The number of para-hydroxylation sites is 3. The monoisotopic (exact) mass is 438 g/mol. The molecule has 0 saturated carbocycles. The summed E-state index contributed by atoms with van der Waals surface area (Å²) in [5.41, 5.74) is 7.06. The van der Waals surface area contributed by atoms with E-state index in [0.29, 0.717) is 11.5 Å². The van der Waals surface area contributed by atoms with Crippen LogP contribution < -0.4 is 15.4 Å². The minimum Gasteiger partial charge on any atom is -0.496 e. The maximum absolute atomic E-state index is 13.8. The molecule has 0 saturated heterocycles. The lowest BCUT2D eigenvalue weighted by atomic mass is 9.93.